The van der Waals surface area contributed by atoms with Crippen molar-refractivity contribution in [3.63, 3.8) is 0 Å². The molecule has 0 unspecified atom stereocenters. The Morgan fingerprint density at radius 1 is 1.00 bits per heavy atom. The number of aromatic nitrogens is 3. The van der Waals surface area contributed by atoms with Crippen LogP contribution in [0.5, 0.6) is 5.75 Å². The molecule has 2 heterocycles. The number of carbonyl (C=O) groups is 1. The molecule has 7 heteroatoms. The molecule has 0 fully saturated rings. The minimum absolute atomic E-state index is 0.00135. The van der Waals surface area contributed by atoms with Crippen molar-refractivity contribution < 1.29 is 9.53 Å². The summed E-state index contributed by atoms with van der Waals surface area (Å²) >= 11 is 0. The number of nitrogens with one attached hydrogen (secondary N) is 1. The van der Waals surface area contributed by atoms with E-state index >= 15 is 0 Å². The third kappa shape index (κ3) is 4.03. The molecule has 5 rings (SSSR count). The van der Waals surface area contributed by atoms with Crippen LogP contribution in [0, 0.1) is 6.92 Å². The van der Waals surface area contributed by atoms with Crippen molar-refractivity contribution >= 4 is 33.5 Å². The third-order valence-corrected chi connectivity index (χ3v) is 5.88. The lowest BCUT2D eigenvalue weighted by molar-refractivity contribution is -0.116. The maximum Gasteiger partial charge on any atom is 0.278 e. The fraction of sp³-hybridized carbons (Fsp3) is 0.148. The van der Waals surface area contributed by atoms with Crippen LogP contribution in [0.3, 0.4) is 0 Å². The number of para-hydroxylation sites is 1. The predicted octanol–water partition coefficient (Wildman–Crippen LogP) is 4.36. The van der Waals surface area contributed by atoms with Gasteiger partial charge in [0.25, 0.3) is 5.56 Å². The Morgan fingerprint density at radius 2 is 1.74 bits per heavy atom. The molecular formula is C27H24N4O3. The van der Waals surface area contributed by atoms with Gasteiger partial charge in [0.15, 0.2) is 0 Å². The Morgan fingerprint density at radius 3 is 2.47 bits per heavy atom. The van der Waals surface area contributed by atoms with Gasteiger partial charge in [0.1, 0.15) is 23.3 Å². The van der Waals surface area contributed by atoms with Crippen LogP contribution < -0.4 is 15.6 Å². The molecule has 2 aromatic heterocycles. The first-order valence-electron chi connectivity index (χ1n) is 11.0. The van der Waals surface area contributed by atoms with E-state index in [4.69, 9.17) is 4.74 Å². The van der Waals surface area contributed by atoms with Crippen LogP contribution >= 0.6 is 0 Å². The van der Waals surface area contributed by atoms with Gasteiger partial charge in [0.05, 0.1) is 25.5 Å². The van der Waals surface area contributed by atoms with E-state index in [1.54, 1.807) is 22.6 Å². The summed E-state index contributed by atoms with van der Waals surface area (Å²) in [4.78, 5) is 31.1. The second kappa shape index (κ2) is 8.86. The van der Waals surface area contributed by atoms with E-state index in [1.165, 1.54) is 0 Å². The molecule has 34 heavy (non-hydrogen) atoms. The predicted molar refractivity (Wildman–Crippen MR) is 133 cm³/mol. The van der Waals surface area contributed by atoms with E-state index in [9.17, 15) is 9.59 Å². The van der Waals surface area contributed by atoms with Gasteiger partial charge in [-0.3, -0.25) is 14.2 Å². The summed E-state index contributed by atoms with van der Waals surface area (Å²) in [5.74, 6) is 0.542. The number of methoxy groups -OCH3 is 1. The Labute approximate surface area is 196 Å². The number of hydrogen-bond acceptors (Lipinski definition) is 4. The summed E-state index contributed by atoms with van der Waals surface area (Å²) in [5, 5.41) is 3.76. The lowest BCUT2D eigenvalue weighted by Gasteiger charge is -2.10. The van der Waals surface area contributed by atoms with Gasteiger partial charge in [-0.1, -0.05) is 48.0 Å². The number of rotatable bonds is 6. The van der Waals surface area contributed by atoms with Crippen LogP contribution in [-0.4, -0.2) is 27.1 Å². The molecule has 3 aromatic carbocycles. The molecule has 0 aliphatic carbocycles. The number of aryl methyl sites for hydroxylation is 1. The quantitative estimate of drug-likeness (QED) is 0.415. The van der Waals surface area contributed by atoms with Crippen LogP contribution in [0.25, 0.3) is 21.9 Å². The van der Waals surface area contributed by atoms with Crippen molar-refractivity contribution in [1.82, 2.24) is 14.1 Å². The van der Waals surface area contributed by atoms with Crippen LogP contribution in [-0.2, 0) is 17.9 Å². The molecule has 7 nitrogen and oxygen atoms in total. The van der Waals surface area contributed by atoms with E-state index in [-0.39, 0.29) is 18.0 Å². The highest BCUT2D eigenvalue weighted by atomic mass is 16.5. The number of carbonyl (C=O) groups excluding carboxylic acids is 1. The van der Waals surface area contributed by atoms with E-state index < -0.39 is 0 Å². The standard InChI is InChI=1S/C27H24N4O3/c1-18-7-11-20(12-8-18)29-24(32)16-31-23-6-4-3-5-22(23)25-26(31)27(33)30(17-28-25)15-19-9-13-21(34-2)14-10-19/h3-14,17H,15-16H2,1-2H3,(H,29,32). The van der Waals surface area contributed by atoms with Gasteiger partial charge in [-0.05, 0) is 42.8 Å². The zero-order valence-corrected chi connectivity index (χ0v) is 19.0. The molecule has 0 saturated carbocycles. The fourth-order valence-corrected chi connectivity index (χ4v) is 4.13. The first kappa shape index (κ1) is 21.5. The van der Waals surface area contributed by atoms with Crippen molar-refractivity contribution in [1.29, 1.82) is 0 Å². The van der Waals surface area contributed by atoms with Crippen LogP contribution in [0.1, 0.15) is 11.1 Å². The highest BCUT2D eigenvalue weighted by Crippen LogP contribution is 2.25. The normalized spacial score (nSPS) is 11.1. The lowest BCUT2D eigenvalue weighted by Crippen LogP contribution is -2.25. The van der Waals surface area contributed by atoms with Gasteiger partial charge in [-0.2, -0.15) is 0 Å². The molecule has 0 saturated heterocycles. The SMILES string of the molecule is COc1ccc(Cn2cnc3c4ccccc4n(CC(=O)Nc4ccc(C)cc4)c3c2=O)cc1. The summed E-state index contributed by atoms with van der Waals surface area (Å²) in [6.45, 7) is 2.36. The van der Waals surface area contributed by atoms with Gasteiger partial charge in [-0.25, -0.2) is 4.98 Å². The van der Waals surface area contributed by atoms with Gasteiger partial charge >= 0.3 is 0 Å². The monoisotopic (exact) mass is 452 g/mol. The van der Waals surface area contributed by atoms with E-state index in [0.29, 0.717) is 23.3 Å². The summed E-state index contributed by atoms with van der Waals surface area (Å²) in [5.41, 5.74) is 4.38. The summed E-state index contributed by atoms with van der Waals surface area (Å²) < 4.78 is 8.54. The maximum absolute atomic E-state index is 13.6. The number of ether oxygens (including phenoxy) is 1. The number of fused-ring (bicyclic) bond motifs is 3. The number of hydrogen-bond donors (Lipinski definition) is 1. The van der Waals surface area contributed by atoms with Crippen molar-refractivity contribution in [2.45, 2.75) is 20.0 Å². The van der Waals surface area contributed by atoms with Crippen molar-refractivity contribution in [2.24, 2.45) is 0 Å². The van der Waals surface area contributed by atoms with Gasteiger partial charge < -0.3 is 14.6 Å². The summed E-state index contributed by atoms with van der Waals surface area (Å²) in [7, 11) is 1.62. The molecule has 0 atom stereocenters. The second-order valence-electron chi connectivity index (χ2n) is 8.24. The number of anilines is 1. The molecule has 0 radical (unpaired) electrons. The molecule has 0 bridgehead atoms. The molecule has 1 amide bonds. The first-order chi connectivity index (χ1) is 16.5. The highest BCUT2D eigenvalue weighted by molar-refractivity contribution is 6.06. The lowest BCUT2D eigenvalue weighted by atomic mass is 10.2. The minimum atomic E-state index is -0.212. The third-order valence-electron chi connectivity index (χ3n) is 5.88. The number of benzene rings is 3. The Hall–Kier alpha value is -4.39. The molecule has 5 aromatic rings. The van der Waals surface area contributed by atoms with E-state index in [0.717, 1.165) is 27.8 Å². The smallest absolute Gasteiger partial charge is 0.278 e. The Balaban J connectivity index is 1.54. The number of nitrogens with zero attached hydrogens (tertiary/aromatic N) is 3. The largest absolute Gasteiger partial charge is 0.497 e. The number of amides is 1. The zero-order valence-electron chi connectivity index (χ0n) is 19.0. The highest BCUT2D eigenvalue weighted by Gasteiger charge is 2.18. The van der Waals surface area contributed by atoms with Crippen molar-refractivity contribution in [3.05, 3.63) is 101 Å². The minimum Gasteiger partial charge on any atom is -0.497 e. The van der Waals surface area contributed by atoms with Gasteiger partial charge in [0, 0.05) is 11.1 Å². The average molecular weight is 453 g/mol. The van der Waals surface area contributed by atoms with Crippen molar-refractivity contribution in [3.8, 4) is 5.75 Å². The first-order valence-corrected chi connectivity index (χ1v) is 11.0. The second-order valence-corrected chi connectivity index (χ2v) is 8.24. The molecule has 0 spiro atoms. The summed E-state index contributed by atoms with van der Waals surface area (Å²) in [6, 6.07) is 22.8. The van der Waals surface area contributed by atoms with Crippen molar-refractivity contribution in [2.75, 3.05) is 12.4 Å². The average Bonchev–Trinajstić information content (AvgIpc) is 3.17. The van der Waals surface area contributed by atoms with E-state index in [2.05, 4.69) is 10.3 Å². The van der Waals surface area contributed by atoms with E-state index in [1.807, 2.05) is 79.7 Å². The maximum atomic E-state index is 13.6. The summed E-state index contributed by atoms with van der Waals surface area (Å²) in [6.07, 6.45) is 1.57. The molecule has 170 valence electrons. The fourth-order valence-electron chi connectivity index (χ4n) is 4.13. The van der Waals surface area contributed by atoms with Crippen LogP contribution in [0.2, 0.25) is 0 Å². The Bertz CT molecular complexity index is 1550. The topological polar surface area (TPSA) is 78.2 Å². The van der Waals surface area contributed by atoms with Gasteiger partial charge in [-0.15, -0.1) is 0 Å². The molecular weight excluding hydrogens is 428 g/mol. The molecule has 1 N–H and O–H groups in total. The zero-order chi connectivity index (χ0) is 23.7. The van der Waals surface area contributed by atoms with Crippen LogP contribution in [0.4, 0.5) is 5.69 Å². The van der Waals surface area contributed by atoms with Crippen LogP contribution in [0.15, 0.2) is 83.9 Å². The van der Waals surface area contributed by atoms with Gasteiger partial charge in [0.2, 0.25) is 5.91 Å². The Kier molecular flexibility index (Phi) is 5.59. The molecule has 0 aliphatic rings. The molecule has 0 aliphatic heterocycles.